The summed E-state index contributed by atoms with van der Waals surface area (Å²) in [6.45, 7) is 3.59. The van der Waals surface area contributed by atoms with E-state index in [1.54, 1.807) is 0 Å². The van der Waals surface area contributed by atoms with Gasteiger partial charge in [-0.15, -0.1) is 0 Å². The van der Waals surface area contributed by atoms with E-state index in [0.717, 1.165) is 12.3 Å². The Morgan fingerprint density at radius 2 is 1.90 bits per heavy atom. The molecule has 1 aliphatic carbocycles. The van der Waals surface area contributed by atoms with E-state index in [2.05, 4.69) is 48.6 Å². The number of benzene rings is 2. The number of ether oxygens (including phenoxy) is 1. The summed E-state index contributed by atoms with van der Waals surface area (Å²) >= 11 is 0. The van der Waals surface area contributed by atoms with Gasteiger partial charge in [0.1, 0.15) is 12.4 Å². The Morgan fingerprint density at radius 1 is 1.05 bits per heavy atom. The molecular formula is C19H23NO. The second-order valence-corrected chi connectivity index (χ2v) is 5.89. The lowest BCUT2D eigenvalue weighted by molar-refractivity contribution is 0.302. The van der Waals surface area contributed by atoms with Crippen LogP contribution in [0.1, 0.15) is 34.2 Å². The van der Waals surface area contributed by atoms with Gasteiger partial charge in [0.2, 0.25) is 0 Å². The van der Waals surface area contributed by atoms with Gasteiger partial charge in [-0.05, 0) is 56.0 Å². The van der Waals surface area contributed by atoms with Gasteiger partial charge in [-0.1, -0.05) is 35.9 Å². The van der Waals surface area contributed by atoms with Gasteiger partial charge < -0.3 is 10.1 Å². The molecule has 0 aromatic heterocycles. The minimum absolute atomic E-state index is 0.646. The van der Waals surface area contributed by atoms with Crippen LogP contribution in [0.2, 0.25) is 0 Å². The van der Waals surface area contributed by atoms with Crippen molar-refractivity contribution in [2.24, 2.45) is 0 Å². The molecule has 0 fully saturated rings. The van der Waals surface area contributed by atoms with E-state index in [1.165, 1.54) is 47.1 Å². The molecule has 0 saturated heterocycles. The van der Waals surface area contributed by atoms with Crippen LogP contribution in [0.5, 0.6) is 5.75 Å². The Balaban J connectivity index is 1.72. The van der Waals surface area contributed by atoms with Gasteiger partial charge in [-0.2, -0.15) is 0 Å². The summed E-state index contributed by atoms with van der Waals surface area (Å²) < 4.78 is 6.05. The van der Waals surface area contributed by atoms with Crippen molar-refractivity contribution in [1.29, 1.82) is 0 Å². The van der Waals surface area contributed by atoms with Crippen LogP contribution < -0.4 is 10.1 Å². The quantitative estimate of drug-likeness (QED) is 0.900. The van der Waals surface area contributed by atoms with Crippen molar-refractivity contribution in [2.45, 2.75) is 39.3 Å². The van der Waals surface area contributed by atoms with E-state index < -0.39 is 0 Å². The lowest BCUT2D eigenvalue weighted by atomic mass is 10.1. The van der Waals surface area contributed by atoms with Crippen LogP contribution in [0.15, 0.2) is 36.4 Å². The first-order valence-corrected chi connectivity index (χ1v) is 7.74. The average molecular weight is 281 g/mol. The van der Waals surface area contributed by atoms with Gasteiger partial charge >= 0.3 is 0 Å². The van der Waals surface area contributed by atoms with Crippen LogP contribution in [0, 0.1) is 6.92 Å². The molecule has 0 aliphatic heterocycles. The molecule has 0 saturated carbocycles. The van der Waals surface area contributed by atoms with E-state index in [0.29, 0.717) is 6.61 Å². The molecule has 0 radical (unpaired) electrons. The third kappa shape index (κ3) is 3.27. The molecule has 2 aromatic rings. The maximum atomic E-state index is 6.05. The van der Waals surface area contributed by atoms with E-state index in [1.807, 2.05) is 7.05 Å². The number of hydrogen-bond acceptors (Lipinski definition) is 2. The summed E-state index contributed by atoms with van der Waals surface area (Å²) in [5.74, 6) is 0.982. The van der Waals surface area contributed by atoms with Crippen LogP contribution >= 0.6 is 0 Å². The zero-order valence-electron chi connectivity index (χ0n) is 12.9. The smallest absolute Gasteiger partial charge is 0.124 e. The van der Waals surface area contributed by atoms with Gasteiger partial charge in [0.25, 0.3) is 0 Å². The molecule has 3 rings (SSSR count). The number of nitrogens with one attached hydrogen (secondary N) is 1. The molecule has 2 nitrogen and oxygen atoms in total. The first kappa shape index (κ1) is 14.2. The lowest BCUT2D eigenvalue weighted by Crippen LogP contribution is -2.08. The van der Waals surface area contributed by atoms with Crippen molar-refractivity contribution in [3.8, 4) is 5.75 Å². The van der Waals surface area contributed by atoms with Gasteiger partial charge in [-0.25, -0.2) is 0 Å². The summed E-state index contributed by atoms with van der Waals surface area (Å²) in [7, 11) is 1.96. The fourth-order valence-electron chi connectivity index (χ4n) is 3.05. The molecule has 0 amide bonds. The SMILES string of the molecule is CNCc1cc(C)ccc1OCc1ccc2c(c1)CCC2. The Morgan fingerprint density at radius 3 is 2.76 bits per heavy atom. The van der Waals surface area contributed by atoms with Crippen molar-refractivity contribution >= 4 is 0 Å². The molecule has 0 bridgehead atoms. The summed E-state index contributed by atoms with van der Waals surface area (Å²) in [6, 6.07) is 13.2. The second kappa shape index (κ2) is 6.31. The first-order valence-electron chi connectivity index (χ1n) is 7.74. The topological polar surface area (TPSA) is 21.3 Å². The van der Waals surface area contributed by atoms with E-state index >= 15 is 0 Å². The standard InChI is InChI=1S/C19H23NO/c1-14-6-9-19(18(10-14)12-20-2)21-13-15-7-8-16-4-3-5-17(16)11-15/h6-11,20H,3-5,12-13H2,1-2H3. The summed E-state index contributed by atoms with van der Waals surface area (Å²) in [5.41, 5.74) is 6.79. The van der Waals surface area contributed by atoms with Crippen LogP contribution in [-0.2, 0) is 26.0 Å². The predicted octanol–water partition coefficient (Wildman–Crippen LogP) is 3.78. The largest absolute Gasteiger partial charge is 0.489 e. The minimum Gasteiger partial charge on any atom is -0.489 e. The van der Waals surface area contributed by atoms with Crippen molar-refractivity contribution in [1.82, 2.24) is 5.32 Å². The summed E-state index contributed by atoms with van der Waals surface area (Å²) in [5, 5.41) is 3.20. The normalized spacial score (nSPS) is 13.2. The zero-order valence-corrected chi connectivity index (χ0v) is 12.9. The number of rotatable bonds is 5. The minimum atomic E-state index is 0.646. The van der Waals surface area contributed by atoms with E-state index in [9.17, 15) is 0 Å². The van der Waals surface area contributed by atoms with Crippen molar-refractivity contribution in [2.75, 3.05) is 7.05 Å². The number of aryl methyl sites for hydroxylation is 3. The molecular weight excluding hydrogens is 258 g/mol. The molecule has 1 N–H and O–H groups in total. The molecule has 110 valence electrons. The second-order valence-electron chi connectivity index (χ2n) is 5.89. The predicted molar refractivity (Wildman–Crippen MR) is 86.7 cm³/mol. The molecule has 2 aromatic carbocycles. The van der Waals surface area contributed by atoms with Gasteiger partial charge in [-0.3, -0.25) is 0 Å². The molecule has 2 heteroatoms. The van der Waals surface area contributed by atoms with Gasteiger partial charge in [0.05, 0.1) is 0 Å². The number of hydrogen-bond donors (Lipinski definition) is 1. The average Bonchev–Trinajstić information content (AvgIpc) is 2.94. The van der Waals surface area contributed by atoms with Crippen LogP contribution in [-0.4, -0.2) is 7.05 Å². The highest BCUT2D eigenvalue weighted by Crippen LogP contribution is 2.25. The van der Waals surface area contributed by atoms with Crippen LogP contribution in [0.3, 0.4) is 0 Å². The maximum absolute atomic E-state index is 6.05. The molecule has 0 atom stereocenters. The molecule has 1 aliphatic rings. The maximum Gasteiger partial charge on any atom is 0.124 e. The molecule has 0 heterocycles. The fraction of sp³-hybridized carbons (Fsp3) is 0.368. The summed E-state index contributed by atoms with van der Waals surface area (Å²) in [4.78, 5) is 0. The Kier molecular flexibility index (Phi) is 4.26. The monoisotopic (exact) mass is 281 g/mol. The Hall–Kier alpha value is -1.80. The number of fused-ring (bicyclic) bond motifs is 1. The highest BCUT2D eigenvalue weighted by atomic mass is 16.5. The third-order valence-electron chi connectivity index (χ3n) is 4.14. The van der Waals surface area contributed by atoms with Gasteiger partial charge in [0, 0.05) is 12.1 Å². The molecule has 0 unspecified atom stereocenters. The molecule has 0 spiro atoms. The third-order valence-corrected chi connectivity index (χ3v) is 4.14. The van der Waals surface area contributed by atoms with E-state index in [-0.39, 0.29) is 0 Å². The van der Waals surface area contributed by atoms with Crippen molar-refractivity contribution < 1.29 is 4.74 Å². The summed E-state index contributed by atoms with van der Waals surface area (Å²) in [6.07, 6.45) is 3.75. The Bertz CT molecular complexity index is 633. The fourth-order valence-corrected chi connectivity index (χ4v) is 3.05. The van der Waals surface area contributed by atoms with Gasteiger partial charge in [0.15, 0.2) is 0 Å². The van der Waals surface area contributed by atoms with Crippen LogP contribution in [0.25, 0.3) is 0 Å². The zero-order chi connectivity index (χ0) is 14.7. The van der Waals surface area contributed by atoms with Crippen molar-refractivity contribution in [3.63, 3.8) is 0 Å². The highest BCUT2D eigenvalue weighted by Gasteiger charge is 2.11. The molecule has 21 heavy (non-hydrogen) atoms. The highest BCUT2D eigenvalue weighted by molar-refractivity contribution is 5.38. The van der Waals surface area contributed by atoms with Crippen LogP contribution in [0.4, 0.5) is 0 Å². The van der Waals surface area contributed by atoms with E-state index in [4.69, 9.17) is 4.74 Å². The first-order chi connectivity index (χ1) is 10.3. The van der Waals surface area contributed by atoms with Crippen molar-refractivity contribution in [3.05, 3.63) is 64.2 Å². The Labute approximate surface area is 127 Å². The lowest BCUT2D eigenvalue weighted by Gasteiger charge is -2.13.